The highest BCUT2D eigenvalue weighted by Gasteiger charge is 2.55. The van der Waals surface area contributed by atoms with Crippen molar-refractivity contribution in [3.8, 4) is 5.75 Å². The van der Waals surface area contributed by atoms with Gasteiger partial charge in [0.1, 0.15) is 10.1 Å². The van der Waals surface area contributed by atoms with Crippen molar-refractivity contribution in [2.45, 2.75) is 12.0 Å². The van der Waals surface area contributed by atoms with Gasteiger partial charge in [-0.25, -0.2) is 4.79 Å². The van der Waals surface area contributed by atoms with Crippen LogP contribution in [0.4, 0.5) is 4.79 Å². The van der Waals surface area contributed by atoms with Crippen molar-refractivity contribution in [3.05, 3.63) is 50.1 Å². The predicted molar refractivity (Wildman–Crippen MR) is 97.1 cm³/mol. The summed E-state index contributed by atoms with van der Waals surface area (Å²) in [5, 5.41) is 2.75. The summed E-state index contributed by atoms with van der Waals surface area (Å²) in [6, 6.07) is 7.88. The van der Waals surface area contributed by atoms with Crippen molar-refractivity contribution in [1.82, 2.24) is 10.2 Å². The number of urea groups is 1. The Hall–Kier alpha value is -2.09. The van der Waals surface area contributed by atoms with Crippen molar-refractivity contribution in [1.29, 1.82) is 0 Å². The smallest absolute Gasteiger partial charge is 0.325 e. The third kappa shape index (κ3) is 2.58. The quantitative estimate of drug-likeness (QED) is 0.620. The number of Topliss-reactive ketones (excluding diaryl/α,β-unsaturated/α-hetero) is 1. The number of carbonyl (C=O) groups excluding carboxylic acids is 3. The van der Waals surface area contributed by atoms with E-state index >= 15 is 0 Å². The van der Waals surface area contributed by atoms with Crippen LogP contribution in [-0.4, -0.2) is 35.8 Å². The van der Waals surface area contributed by atoms with Crippen molar-refractivity contribution in [3.63, 3.8) is 0 Å². The number of rotatable bonds is 3. The van der Waals surface area contributed by atoms with Crippen LogP contribution in [0.25, 0.3) is 0 Å². The summed E-state index contributed by atoms with van der Waals surface area (Å²) in [5.74, 6) is -0.365. The van der Waals surface area contributed by atoms with Gasteiger partial charge in [-0.1, -0.05) is 41.4 Å². The van der Waals surface area contributed by atoms with E-state index in [1.165, 1.54) is 6.07 Å². The first-order valence-corrected chi connectivity index (χ1v) is 9.34. The molecule has 1 fully saturated rings. The fraction of sp³-hybridized carbons (Fsp3) is 0.235. The van der Waals surface area contributed by atoms with E-state index in [-0.39, 0.29) is 16.5 Å². The lowest BCUT2D eigenvalue weighted by Gasteiger charge is -2.33. The maximum atomic E-state index is 13.1. The van der Waals surface area contributed by atoms with Crippen LogP contribution in [-0.2, 0) is 10.3 Å². The number of para-hydroxylation sites is 1. The van der Waals surface area contributed by atoms with Crippen LogP contribution < -0.4 is 10.1 Å². The minimum absolute atomic E-state index is 0.204. The number of amides is 3. The molecule has 1 atom stereocenters. The van der Waals surface area contributed by atoms with Crippen molar-refractivity contribution in [2.24, 2.45) is 0 Å². The third-order valence-electron chi connectivity index (χ3n) is 4.52. The lowest BCUT2D eigenvalue weighted by atomic mass is 9.84. The average Bonchev–Trinajstić information content (AvgIpc) is 3.07. The van der Waals surface area contributed by atoms with Crippen molar-refractivity contribution < 1.29 is 19.1 Å². The Morgan fingerprint density at radius 1 is 1.31 bits per heavy atom. The highest BCUT2D eigenvalue weighted by Crippen LogP contribution is 2.41. The highest BCUT2D eigenvalue weighted by molar-refractivity contribution is 7.20. The number of hydrogen-bond acceptors (Lipinski definition) is 5. The SMILES string of the molecule is O=C(CN1C(=O)NC2(CCOc3ccccc32)C1=O)c1cc(Cl)sc1Cl. The van der Waals surface area contributed by atoms with E-state index in [0.29, 0.717) is 22.1 Å². The average molecular weight is 411 g/mol. The molecule has 2 aliphatic heterocycles. The van der Waals surface area contributed by atoms with Gasteiger partial charge in [0.15, 0.2) is 11.3 Å². The van der Waals surface area contributed by atoms with E-state index in [9.17, 15) is 14.4 Å². The number of nitrogens with one attached hydrogen (secondary N) is 1. The van der Waals surface area contributed by atoms with E-state index < -0.39 is 29.8 Å². The Bertz CT molecular complexity index is 945. The Morgan fingerprint density at radius 2 is 2.08 bits per heavy atom. The summed E-state index contributed by atoms with van der Waals surface area (Å²) in [6.45, 7) is -0.112. The molecule has 0 saturated carbocycles. The number of ketones is 1. The second-order valence-corrected chi connectivity index (χ2v) is 8.27. The van der Waals surface area contributed by atoms with Gasteiger partial charge >= 0.3 is 6.03 Å². The maximum Gasteiger partial charge on any atom is 0.325 e. The first-order chi connectivity index (χ1) is 12.4. The summed E-state index contributed by atoms with van der Waals surface area (Å²) in [5.41, 5.74) is -0.408. The van der Waals surface area contributed by atoms with Crippen LogP contribution in [0, 0.1) is 0 Å². The van der Waals surface area contributed by atoms with Gasteiger partial charge in [0.05, 0.1) is 23.1 Å². The molecule has 1 saturated heterocycles. The lowest BCUT2D eigenvalue weighted by Crippen LogP contribution is -2.47. The summed E-state index contributed by atoms with van der Waals surface area (Å²) in [7, 11) is 0. The van der Waals surface area contributed by atoms with E-state index in [1.807, 2.05) is 0 Å². The fourth-order valence-electron chi connectivity index (χ4n) is 3.27. The first kappa shape index (κ1) is 17.3. The molecule has 0 bridgehead atoms. The molecular formula is C17H12Cl2N2O4S. The van der Waals surface area contributed by atoms with Gasteiger partial charge in [-0.05, 0) is 12.1 Å². The molecule has 134 valence electrons. The van der Waals surface area contributed by atoms with Crippen LogP contribution in [0.3, 0.4) is 0 Å². The standard InChI is InChI=1S/C17H12Cl2N2O4S/c18-13-7-9(14(19)26-13)11(22)8-21-15(23)17(20-16(21)24)5-6-25-12-4-2-1-3-10(12)17/h1-4,7H,5-6,8H2,(H,20,24). The summed E-state index contributed by atoms with van der Waals surface area (Å²) in [4.78, 5) is 39.0. The Balaban J connectivity index is 1.65. The molecule has 0 radical (unpaired) electrons. The minimum atomic E-state index is -1.21. The van der Waals surface area contributed by atoms with Crippen LogP contribution in [0.5, 0.6) is 5.75 Å². The molecule has 1 unspecified atom stereocenters. The molecule has 1 N–H and O–H groups in total. The van der Waals surface area contributed by atoms with E-state index in [0.717, 1.165) is 16.2 Å². The van der Waals surface area contributed by atoms with Gasteiger partial charge in [0, 0.05) is 12.0 Å². The summed E-state index contributed by atoms with van der Waals surface area (Å²) >= 11 is 12.9. The van der Waals surface area contributed by atoms with Crippen LogP contribution in [0.15, 0.2) is 30.3 Å². The Kier molecular flexibility index (Phi) is 4.17. The zero-order valence-corrected chi connectivity index (χ0v) is 15.6. The zero-order chi connectivity index (χ0) is 18.5. The second kappa shape index (κ2) is 6.26. The van der Waals surface area contributed by atoms with Gasteiger partial charge < -0.3 is 10.1 Å². The molecule has 9 heteroatoms. The molecule has 4 rings (SSSR count). The topological polar surface area (TPSA) is 75.7 Å². The number of benzene rings is 1. The normalized spacial score (nSPS) is 21.5. The molecule has 2 aromatic rings. The van der Waals surface area contributed by atoms with Gasteiger partial charge in [0.25, 0.3) is 5.91 Å². The minimum Gasteiger partial charge on any atom is -0.493 e. The maximum absolute atomic E-state index is 13.1. The monoisotopic (exact) mass is 410 g/mol. The molecule has 26 heavy (non-hydrogen) atoms. The second-order valence-electron chi connectivity index (χ2n) is 5.98. The van der Waals surface area contributed by atoms with E-state index in [2.05, 4.69) is 5.32 Å². The van der Waals surface area contributed by atoms with Gasteiger partial charge in [-0.3, -0.25) is 14.5 Å². The number of thiophene rings is 1. The number of ether oxygens (including phenoxy) is 1. The lowest BCUT2D eigenvalue weighted by molar-refractivity contribution is -0.132. The molecule has 6 nitrogen and oxygen atoms in total. The number of imide groups is 1. The van der Waals surface area contributed by atoms with Crippen LogP contribution in [0.2, 0.25) is 8.67 Å². The van der Waals surface area contributed by atoms with Gasteiger partial charge in [-0.15, -0.1) is 11.3 Å². The summed E-state index contributed by atoms with van der Waals surface area (Å²) in [6.07, 6.45) is 0.296. The van der Waals surface area contributed by atoms with Crippen molar-refractivity contribution >= 4 is 52.3 Å². The number of fused-ring (bicyclic) bond motifs is 2. The number of nitrogens with zero attached hydrogens (tertiary/aromatic N) is 1. The fourth-order valence-corrected chi connectivity index (χ4v) is 4.77. The largest absolute Gasteiger partial charge is 0.493 e. The van der Waals surface area contributed by atoms with Gasteiger partial charge in [-0.2, -0.15) is 0 Å². The predicted octanol–water partition coefficient (Wildman–Crippen LogP) is 3.47. The molecule has 0 aliphatic carbocycles. The Morgan fingerprint density at radius 3 is 2.81 bits per heavy atom. The molecule has 3 amide bonds. The van der Waals surface area contributed by atoms with Crippen LogP contribution >= 0.6 is 34.5 Å². The van der Waals surface area contributed by atoms with Crippen molar-refractivity contribution in [2.75, 3.05) is 13.2 Å². The first-order valence-electron chi connectivity index (χ1n) is 7.77. The number of carbonyl (C=O) groups is 3. The molecular weight excluding hydrogens is 399 g/mol. The van der Waals surface area contributed by atoms with E-state index in [4.69, 9.17) is 27.9 Å². The zero-order valence-electron chi connectivity index (χ0n) is 13.3. The molecule has 1 spiro atoms. The highest BCUT2D eigenvalue weighted by atomic mass is 35.5. The molecule has 3 heterocycles. The number of hydrogen-bond donors (Lipinski definition) is 1. The summed E-state index contributed by atoms with van der Waals surface area (Å²) < 4.78 is 6.18. The van der Waals surface area contributed by atoms with Gasteiger partial charge in [0.2, 0.25) is 0 Å². The molecule has 1 aromatic carbocycles. The Labute approximate surface area is 162 Å². The third-order valence-corrected chi connectivity index (χ3v) is 6.00. The number of halogens is 2. The molecule has 2 aliphatic rings. The van der Waals surface area contributed by atoms with E-state index in [1.54, 1.807) is 24.3 Å². The molecule has 1 aromatic heterocycles. The van der Waals surface area contributed by atoms with Crippen LogP contribution in [0.1, 0.15) is 22.3 Å².